The van der Waals surface area contributed by atoms with E-state index >= 15 is 0 Å². The van der Waals surface area contributed by atoms with Crippen molar-refractivity contribution in [2.45, 2.75) is 19.4 Å². The molecule has 1 amide bonds. The molecule has 0 aliphatic carbocycles. The molecule has 1 unspecified atom stereocenters. The molecule has 0 radical (unpaired) electrons. The van der Waals surface area contributed by atoms with Gasteiger partial charge in [-0.05, 0) is 31.4 Å². The van der Waals surface area contributed by atoms with Gasteiger partial charge in [-0.25, -0.2) is 0 Å². The summed E-state index contributed by atoms with van der Waals surface area (Å²) in [4.78, 5) is 12.4. The molecule has 1 heterocycles. The SMILES string of the molecule is CCOCC(=O)NCC(C)(O)c1cc2ccccc2s1. The number of carbonyl (C=O) groups excluding carboxylic acids is 1. The molecule has 0 aliphatic heterocycles. The van der Waals surface area contributed by atoms with E-state index in [0.29, 0.717) is 6.61 Å². The number of benzene rings is 1. The lowest BCUT2D eigenvalue weighted by atomic mass is 10.0. The third-order valence-corrected chi connectivity index (χ3v) is 4.39. The monoisotopic (exact) mass is 293 g/mol. The first-order chi connectivity index (χ1) is 9.53. The van der Waals surface area contributed by atoms with Crippen molar-refractivity contribution >= 4 is 27.3 Å². The molecule has 2 aromatic rings. The quantitative estimate of drug-likeness (QED) is 0.859. The van der Waals surface area contributed by atoms with E-state index in [2.05, 4.69) is 5.32 Å². The van der Waals surface area contributed by atoms with E-state index in [1.54, 1.807) is 18.3 Å². The summed E-state index contributed by atoms with van der Waals surface area (Å²) in [5, 5.41) is 14.3. The molecule has 0 aliphatic rings. The van der Waals surface area contributed by atoms with Crippen molar-refractivity contribution in [3.05, 3.63) is 35.2 Å². The van der Waals surface area contributed by atoms with Crippen molar-refractivity contribution in [3.8, 4) is 0 Å². The van der Waals surface area contributed by atoms with Gasteiger partial charge in [-0.1, -0.05) is 18.2 Å². The average molecular weight is 293 g/mol. The molecular formula is C15H19NO3S. The third kappa shape index (κ3) is 3.56. The van der Waals surface area contributed by atoms with Crippen LogP contribution in [0.1, 0.15) is 18.7 Å². The Kier molecular flexibility index (Phi) is 4.75. The third-order valence-electron chi connectivity index (χ3n) is 3.02. The molecule has 2 N–H and O–H groups in total. The summed E-state index contributed by atoms with van der Waals surface area (Å²) in [6.07, 6.45) is 0. The molecule has 0 bridgehead atoms. The van der Waals surface area contributed by atoms with Crippen LogP contribution >= 0.6 is 11.3 Å². The number of fused-ring (bicyclic) bond motifs is 1. The van der Waals surface area contributed by atoms with Crippen LogP contribution in [0.4, 0.5) is 0 Å². The summed E-state index contributed by atoms with van der Waals surface area (Å²) < 4.78 is 6.15. The second kappa shape index (κ2) is 6.35. The zero-order valence-electron chi connectivity index (χ0n) is 11.7. The minimum atomic E-state index is -1.08. The van der Waals surface area contributed by atoms with E-state index in [0.717, 1.165) is 15.0 Å². The molecule has 0 saturated carbocycles. The lowest BCUT2D eigenvalue weighted by Crippen LogP contribution is -2.39. The number of nitrogens with one attached hydrogen (secondary N) is 1. The first-order valence-electron chi connectivity index (χ1n) is 6.59. The zero-order chi connectivity index (χ0) is 14.6. The maximum absolute atomic E-state index is 11.5. The van der Waals surface area contributed by atoms with Crippen molar-refractivity contribution in [3.63, 3.8) is 0 Å². The fourth-order valence-corrected chi connectivity index (χ4v) is 2.96. The Bertz CT molecular complexity index is 559. The van der Waals surface area contributed by atoms with Crippen molar-refractivity contribution in [2.24, 2.45) is 0 Å². The molecule has 1 atom stereocenters. The number of hydrogen-bond donors (Lipinski definition) is 2. The van der Waals surface area contributed by atoms with Crippen LogP contribution in [0, 0.1) is 0 Å². The van der Waals surface area contributed by atoms with E-state index in [1.165, 1.54) is 0 Å². The Hall–Kier alpha value is -1.43. The van der Waals surface area contributed by atoms with Crippen LogP contribution in [0.2, 0.25) is 0 Å². The lowest BCUT2D eigenvalue weighted by Gasteiger charge is -2.22. The van der Waals surface area contributed by atoms with E-state index in [-0.39, 0.29) is 19.1 Å². The number of hydrogen-bond acceptors (Lipinski definition) is 4. The molecule has 4 nitrogen and oxygen atoms in total. The number of rotatable bonds is 6. The standard InChI is InChI=1S/C15H19NO3S/c1-3-19-9-14(17)16-10-15(2,18)13-8-11-6-4-5-7-12(11)20-13/h4-8,18H,3,9-10H2,1-2H3,(H,16,17). The van der Waals surface area contributed by atoms with Crippen LogP contribution in [0.5, 0.6) is 0 Å². The largest absolute Gasteiger partial charge is 0.383 e. The Morgan fingerprint density at radius 2 is 2.20 bits per heavy atom. The van der Waals surface area contributed by atoms with Gasteiger partial charge >= 0.3 is 0 Å². The highest BCUT2D eigenvalue weighted by Crippen LogP contribution is 2.32. The van der Waals surface area contributed by atoms with Gasteiger partial charge in [0.2, 0.25) is 5.91 Å². The Morgan fingerprint density at radius 1 is 1.45 bits per heavy atom. The van der Waals surface area contributed by atoms with E-state index in [4.69, 9.17) is 4.74 Å². The normalized spacial score (nSPS) is 14.2. The van der Waals surface area contributed by atoms with E-state index < -0.39 is 5.60 Å². The topological polar surface area (TPSA) is 58.6 Å². The highest BCUT2D eigenvalue weighted by Gasteiger charge is 2.26. The molecule has 20 heavy (non-hydrogen) atoms. The molecule has 2 rings (SSSR count). The van der Waals surface area contributed by atoms with Gasteiger partial charge in [0, 0.05) is 16.2 Å². The molecule has 1 aromatic carbocycles. The first-order valence-corrected chi connectivity index (χ1v) is 7.40. The highest BCUT2D eigenvalue weighted by molar-refractivity contribution is 7.19. The molecule has 108 valence electrons. The van der Waals surface area contributed by atoms with Gasteiger partial charge in [-0.2, -0.15) is 0 Å². The molecule has 0 saturated heterocycles. The predicted octanol–water partition coefficient (Wildman–Crippen LogP) is 2.26. The Labute approximate surface area is 122 Å². The minimum Gasteiger partial charge on any atom is -0.383 e. The van der Waals surface area contributed by atoms with E-state index in [9.17, 15) is 9.90 Å². The number of thiophene rings is 1. The molecular weight excluding hydrogens is 274 g/mol. The first kappa shape index (κ1) is 15.0. The Balaban J connectivity index is 2.03. The van der Waals surface area contributed by atoms with Gasteiger partial charge in [0.25, 0.3) is 0 Å². The summed E-state index contributed by atoms with van der Waals surface area (Å²) in [6, 6.07) is 9.94. The number of carbonyl (C=O) groups is 1. The summed E-state index contributed by atoms with van der Waals surface area (Å²) in [7, 11) is 0. The fourth-order valence-electron chi connectivity index (χ4n) is 1.85. The zero-order valence-corrected chi connectivity index (χ0v) is 12.5. The van der Waals surface area contributed by atoms with E-state index in [1.807, 2.05) is 37.3 Å². The smallest absolute Gasteiger partial charge is 0.246 e. The van der Waals surface area contributed by atoms with Crippen LogP contribution in [-0.4, -0.2) is 30.8 Å². The second-order valence-electron chi connectivity index (χ2n) is 4.84. The van der Waals surface area contributed by atoms with Gasteiger partial charge < -0.3 is 15.2 Å². The number of aliphatic hydroxyl groups is 1. The second-order valence-corrected chi connectivity index (χ2v) is 5.92. The van der Waals surface area contributed by atoms with Crippen molar-refractivity contribution in [1.29, 1.82) is 0 Å². The van der Waals surface area contributed by atoms with Gasteiger partial charge in [0.05, 0.1) is 6.54 Å². The summed E-state index contributed by atoms with van der Waals surface area (Å²) >= 11 is 1.54. The molecule has 1 aromatic heterocycles. The van der Waals surface area contributed by atoms with Gasteiger partial charge in [0.1, 0.15) is 12.2 Å². The van der Waals surface area contributed by atoms with Crippen LogP contribution in [-0.2, 0) is 15.1 Å². The molecule has 5 heteroatoms. The summed E-state index contributed by atoms with van der Waals surface area (Å²) in [5.41, 5.74) is -1.08. The van der Waals surface area contributed by atoms with Crippen molar-refractivity contribution in [1.82, 2.24) is 5.32 Å². The van der Waals surface area contributed by atoms with Crippen molar-refractivity contribution < 1.29 is 14.6 Å². The van der Waals surface area contributed by atoms with Gasteiger partial charge in [0.15, 0.2) is 0 Å². The maximum atomic E-state index is 11.5. The molecule has 0 spiro atoms. The predicted molar refractivity (Wildman–Crippen MR) is 80.9 cm³/mol. The molecule has 0 fully saturated rings. The maximum Gasteiger partial charge on any atom is 0.246 e. The highest BCUT2D eigenvalue weighted by atomic mass is 32.1. The average Bonchev–Trinajstić information content (AvgIpc) is 2.87. The lowest BCUT2D eigenvalue weighted by molar-refractivity contribution is -0.126. The van der Waals surface area contributed by atoms with Crippen LogP contribution in [0.3, 0.4) is 0 Å². The summed E-state index contributed by atoms with van der Waals surface area (Å²) in [5.74, 6) is -0.215. The van der Waals surface area contributed by atoms with Crippen molar-refractivity contribution in [2.75, 3.05) is 19.8 Å². The summed E-state index contributed by atoms with van der Waals surface area (Å²) in [6.45, 7) is 4.24. The van der Waals surface area contributed by atoms with Gasteiger partial charge in [-0.3, -0.25) is 4.79 Å². The number of amides is 1. The van der Waals surface area contributed by atoms with Crippen LogP contribution in [0.25, 0.3) is 10.1 Å². The Morgan fingerprint density at radius 3 is 2.90 bits per heavy atom. The van der Waals surface area contributed by atoms with Crippen LogP contribution in [0.15, 0.2) is 30.3 Å². The van der Waals surface area contributed by atoms with Gasteiger partial charge in [-0.15, -0.1) is 11.3 Å². The number of ether oxygens (including phenoxy) is 1. The fraction of sp³-hybridized carbons (Fsp3) is 0.400. The van der Waals surface area contributed by atoms with Crippen LogP contribution < -0.4 is 5.32 Å². The minimum absolute atomic E-state index is 0.0268.